The van der Waals surface area contributed by atoms with Crippen LogP contribution < -0.4 is 5.32 Å². The van der Waals surface area contributed by atoms with Crippen molar-refractivity contribution in [1.82, 2.24) is 15.1 Å². The van der Waals surface area contributed by atoms with E-state index in [0.717, 1.165) is 46.4 Å². The standard InChI is InChI=1S/C28H26N4O.C2HF3O2/c1-32(2)17-19-9-7-18(8-10-19)11-14-24-21-13-12-20(15-26(21)31-30-24)23-16-28(23)22-5-3-4-6-25(22)29-27(28)33;3-2(4,5)1(6)7/h3-15,23H,16-17H2,1-2H3,(H,29,33)(H,30,31);(H,6,7)/t23-,28+;/m1./s1. The first kappa shape index (κ1) is 27.1. The summed E-state index contributed by atoms with van der Waals surface area (Å²) in [5, 5.41) is 19.0. The van der Waals surface area contributed by atoms with Gasteiger partial charge < -0.3 is 15.3 Å². The first-order valence-corrected chi connectivity index (χ1v) is 12.6. The number of H-pyrrole nitrogens is 1. The Morgan fingerprint density at radius 3 is 2.48 bits per heavy atom. The van der Waals surface area contributed by atoms with Crippen LogP contribution in [0.2, 0.25) is 0 Å². The van der Waals surface area contributed by atoms with Gasteiger partial charge in [0.05, 0.1) is 16.6 Å². The fourth-order valence-corrected chi connectivity index (χ4v) is 5.23. The molecule has 6 rings (SSSR count). The van der Waals surface area contributed by atoms with Gasteiger partial charge in [-0.3, -0.25) is 9.89 Å². The number of aromatic nitrogens is 2. The van der Waals surface area contributed by atoms with Gasteiger partial charge in [0.2, 0.25) is 5.91 Å². The summed E-state index contributed by atoms with van der Waals surface area (Å²) in [6, 6.07) is 23.1. The summed E-state index contributed by atoms with van der Waals surface area (Å²) < 4.78 is 31.7. The summed E-state index contributed by atoms with van der Waals surface area (Å²) in [6.07, 6.45) is -0.0799. The number of benzene rings is 3. The van der Waals surface area contributed by atoms with Crippen molar-refractivity contribution in [3.63, 3.8) is 0 Å². The highest BCUT2D eigenvalue weighted by atomic mass is 19.4. The Morgan fingerprint density at radius 2 is 1.80 bits per heavy atom. The molecule has 1 saturated carbocycles. The highest BCUT2D eigenvalue weighted by Crippen LogP contribution is 2.64. The van der Waals surface area contributed by atoms with Gasteiger partial charge >= 0.3 is 12.1 Å². The third kappa shape index (κ3) is 5.22. The smallest absolute Gasteiger partial charge is 0.475 e. The second-order valence-corrected chi connectivity index (χ2v) is 10.3. The van der Waals surface area contributed by atoms with Crippen LogP contribution in [0, 0.1) is 0 Å². The van der Waals surface area contributed by atoms with E-state index < -0.39 is 17.6 Å². The molecule has 206 valence electrons. The Bertz CT molecular complexity index is 1610. The molecule has 2 heterocycles. The number of para-hydroxylation sites is 1. The van der Waals surface area contributed by atoms with Crippen molar-refractivity contribution < 1.29 is 27.9 Å². The number of nitrogens with zero attached hydrogens (tertiary/aromatic N) is 2. The molecule has 1 spiro atoms. The molecule has 2 atom stereocenters. The molecule has 3 N–H and O–H groups in total. The summed E-state index contributed by atoms with van der Waals surface area (Å²) in [5.74, 6) is -2.43. The SMILES string of the molecule is CN(C)Cc1ccc(C=Cc2n[nH]c3cc([C@H]4C[C@@]45C(=O)Nc4ccccc45)ccc23)cc1.O=C(O)C(F)(F)F. The molecular weight excluding hydrogens is 521 g/mol. The minimum absolute atomic E-state index is 0.124. The minimum atomic E-state index is -5.08. The molecule has 1 amide bonds. The van der Waals surface area contributed by atoms with Crippen LogP contribution in [0.15, 0.2) is 66.7 Å². The van der Waals surface area contributed by atoms with Crippen molar-refractivity contribution in [3.05, 3.63) is 94.7 Å². The molecule has 10 heteroatoms. The molecule has 2 aliphatic rings. The number of hydrogen-bond donors (Lipinski definition) is 3. The fourth-order valence-electron chi connectivity index (χ4n) is 5.23. The number of hydrogen-bond acceptors (Lipinski definition) is 4. The number of aliphatic carboxylic acids is 1. The molecule has 1 fully saturated rings. The van der Waals surface area contributed by atoms with E-state index in [-0.39, 0.29) is 11.8 Å². The second-order valence-electron chi connectivity index (χ2n) is 10.3. The summed E-state index contributed by atoms with van der Waals surface area (Å²) in [4.78, 5) is 23.9. The topological polar surface area (TPSA) is 98.3 Å². The van der Waals surface area contributed by atoms with Crippen molar-refractivity contribution in [1.29, 1.82) is 0 Å². The zero-order chi connectivity index (χ0) is 28.7. The van der Waals surface area contributed by atoms with Crippen molar-refractivity contribution in [2.75, 3.05) is 19.4 Å². The van der Waals surface area contributed by atoms with Gasteiger partial charge in [0, 0.05) is 23.5 Å². The Labute approximate surface area is 228 Å². The number of rotatable bonds is 5. The number of nitrogens with one attached hydrogen (secondary N) is 2. The molecular formula is C30H27F3N4O3. The van der Waals surface area contributed by atoms with Crippen molar-refractivity contribution >= 4 is 40.6 Å². The number of carbonyl (C=O) groups excluding carboxylic acids is 1. The Hall–Kier alpha value is -4.44. The predicted molar refractivity (Wildman–Crippen MR) is 147 cm³/mol. The van der Waals surface area contributed by atoms with Crippen LogP contribution in [0.1, 0.15) is 40.3 Å². The van der Waals surface area contributed by atoms with Crippen LogP contribution >= 0.6 is 0 Å². The molecule has 0 unspecified atom stereocenters. The van der Waals surface area contributed by atoms with E-state index in [1.807, 2.05) is 18.2 Å². The lowest BCUT2D eigenvalue weighted by Crippen LogP contribution is -2.21. The predicted octanol–water partition coefficient (Wildman–Crippen LogP) is 5.81. The zero-order valence-electron chi connectivity index (χ0n) is 21.8. The van der Waals surface area contributed by atoms with Crippen LogP contribution in [0.25, 0.3) is 23.1 Å². The molecule has 7 nitrogen and oxygen atoms in total. The van der Waals surface area contributed by atoms with Gasteiger partial charge in [0.15, 0.2) is 0 Å². The maximum Gasteiger partial charge on any atom is 0.490 e. The lowest BCUT2D eigenvalue weighted by Gasteiger charge is -2.09. The van der Waals surface area contributed by atoms with E-state index in [4.69, 9.17) is 9.90 Å². The van der Waals surface area contributed by atoms with Crippen LogP contribution in [-0.4, -0.2) is 52.4 Å². The summed E-state index contributed by atoms with van der Waals surface area (Å²) in [5.41, 5.74) is 7.23. The van der Waals surface area contributed by atoms with Crippen LogP contribution in [0.5, 0.6) is 0 Å². The van der Waals surface area contributed by atoms with Crippen molar-refractivity contribution in [2.45, 2.75) is 30.5 Å². The van der Waals surface area contributed by atoms with E-state index in [1.165, 1.54) is 11.1 Å². The molecule has 1 aliphatic carbocycles. The van der Waals surface area contributed by atoms with E-state index in [9.17, 15) is 18.0 Å². The van der Waals surface area contributed by atoms with E-state index in [1.54, 1.807) is 0 Å². The number of fused-ring (bicyclic) bond motifs is 3. The molecule has 0 saturated heterocycles. The third-order valence-electron chi connectivity index (χ3n) is 7.20. The van der Waals surface area contributed by atoms with E-state index >= 15 is 0 Å². The van der Waals surface area contributed by atoms with Gasteiger partial charge in [-0.05, 0) is 61.0 Å². The number of aromatic amines is 1. The molecule has 1 aromatic heterocycles. The Morgan fingerprint density at radius 1 is 1.10 bits per heavy atom. The van der Waals surface area contributed by atoms with E-state index in [0.29, 0.717) is 0 Å². The minimum Gasteiger partial charge on any atom is -0.475 e. The maximum absolute atomic E-state index is 12.8. The lowest BCUT2D eigenvalue weighted by atomic mass is 9.92. The fraction of sp³-hybridized carbons (Fsp3) is 0.233. The summed E-state index contributed by atoms with van der Waals surface area (Å²) in [6.45, 7) is 0.936. The normalized spacial score (nSPS) is 19.6. The van der Waals surface area contributed by atoms with Crippen LogP contribution in [-0.2, 0) is 21.5 Å². The average molecular weight is 549 g/mol. The van der Waals surface area contributed by atoms with Gasteiger partial charge in [-0.15, -0.1) is 0 Å². The van der Waals surface area contributed by atoms with Crippen molar-refractivity contribution in [3.8, 4) is 0 Å². The number of carboxylic acids is 1. The number of amides is 1. The first-order chi connectivity index (χ1) is 19.0. The highest BCUT2D eigenvalue weighted by molar-refractivity contribution is 6.09. The zero-order valence-corrected chi connectivity index (χ0v) is 21.8. The molecule has 0 bridgehead atoms. The number of carboxylic acid groups (broad SMARTS) is 1. The number of alkyl halides is 3. The van der Waals surface area contributed by atoms with Gasteiger partial charge in [0.25, 0.3) is 0 Å². The maximum atomic E-state index is 12.8. The average Bonchev–Trinajstić information content (AvgIpc) is 3.44. The van der Waals surface area contributed by atoms with E-state index in [2.05, 4.69) is 95.2 Å². The summed E-state index contributed by atoms with van der Waals surface area (Å²) >= 11 is 0. The van der Waals surface area contributed by atoms with Crippen molar-refractivity contribution in [2.24, 2.45) is 0 Å². The molecule has 40 heavy (non-hydrogen) atoms. The molecule has 1 aliphatic heterocycles. The van der Waals surface area contributed by atoms with Gasteiger partial charge in [-0.25, -0.2) is 4.79 Å². The van der Waals surface area contributed by atoms with Gasteiger partial charge in [0.1, 0.15) is 0 Å². The number of anilines is 1. The van der Waals surface area contributed by atoms with Crippen LogP contribution in [0.3, 0.4) is 0 Å². The number of carbonyl (C=O) groups is 2. The van der Waals surface area contributed by atoms with Gasteiger partial charge in [-0.1, -0.05) is 60.7 Å². The number of halogens is 3. The highest BCUT2D eigenvalue weighted by Gasteiger charge is 2.65. The quantitative estimate of drug-likeness (QED) is 0.293. The summed E-state index contributed by atoms with van der Waals surface area (Å²) in [7, 11) is 4.15. The van der Waals surface area contributed by atoms with Crippen LogP contribution in [0.4, 0.5) is 18.9 Å². The monoisotopic (exact) mass is 548 g/mol. The Balaban J connectivity index is 0.000000411. The molecule has 3 aromatic carbocycles. The first-order valence-electron chi connectivity index (χ1n) is 12.6. The molecule has 0 radical (unpaired) electrons. The Kier molecular flexibility index (Phi) is 6.97. The largest absolute Gasteiger partial charge is 0.490 e. The lowest BCUT2D eigenvalue weighted by molar-refractivity contribution is -0.192. The third-order valence-corrected chi connectivity index (χ3v) is 7.20. The van der Waals surface area contributed by atoms with Gasteiger partial charge in [-0.2, -0.15) is 18.3 Å². The second kappa shape index (κ2) is 10.3. The molecule has 4 aromatic rings.